The Morgan fingerprint density at radius 2 is 2.35 bits per heavy atom. The van der Waals surface area contributed by atoms with Crippen LogP contribution in [0, 0.1) is 5.92 Å². The van der Waals surface area contributed by atoms with Gasteiger partial charge < -0.3 is 15.7 Å². The Morgan fingerprint density at radius 3 is 3.00 bits per heavy atom. The SMILES string of the molecule is CNc1ncc(Br)c(NCC2CCCC2O)n1. The molecular weight excluding hydrogens is 284 g/mol. The lowest BCUT2D eigenvalue weighted by Crippen LogP contribution is -2.22. The van der Waals surface area contributed by atoms with E-state index in [4.69, 9.17) is 0 Å². The topological polar surface area (TPSA) is 70.1 Å². The van der Waals surface area contributed by atoms with E-state index in [1.807, 2.05) is 0 Å². The number of nitrogens with zero attached hydrogens (tertiary/aromatic N) is 2. The summed E-state index contributed by atoms with van der Waals surface area (Å²) in [5.41, 5.74) is 0. The van der Waals surface area contributed by atoms with Gasteiger partial charge in [0.2, 0.25) is 5.95 Å². The molecule has 2 unspecified atom stereocenters. The van der Waals surface area contributed by atoms with Crippen molar-refractivity contribution < 1.29 is 5.11 Å². The van der Waals surface area contributed by atoms with E-state index in [2.05, 4.69) is 36.5 Å². The second-order valence-electron chi connectivity index (χ2n) is 4.28. The largest absolute Gasteiger partial charge is 0.393 e. The highest BCUT2D eigenvalue weighted by Crippen LogP contribution is 2.27. The standard InChI is InChI=1S/C11H17BrN4O/c1-13-11-15-6-8(12)10(16-11)14-5-7-3-2-4-9(7)17/h6-7,9,17H,2-5H2,1H3,(H2,13,14,15,16). The lowest BCUT2D eigenvalue weighted by molar-refractivity contribution is 0.138. The van der Waals surface area contributed by atoms with Gasteiger partial charge in [-0.05, 0) is 28.8 Å². The van der Waals surface area contributed by atoms with Crippen LogP contribution in [0.15, 0.2) is 10.7 Å². The summed E-state index contributed by atoms with van der Waals surface area (Å²) in [6.07, 6.45) is 4.65. The number of hydrogen-bond donors (Lipinski definition) is 3. The quantitative estimate of drug-likeness (QED) is 0.792. The van der Waals surface area contributed by atoms with E-state index in [-0.39, 0.29) is 6.10 Å². The van der Waals surface area contributed by atoms with E-state index >= 15 is 0 Å². The van der Waals surface area contributed by atoms with Crippen LogP contribution in [-0.2, 0) is 0 Å². The van der Waals surface area contributed by atoms with Crippen LogP contribution in [0.5, 0.6) is 0 Å². The molecule has 5 nitrogen and oxygen atoms in total. The van der Waals surface area contributed by atoms with Gasteiger partial charge in [-0.25, -0.2) is 4.98 Å². The van der Waals surface area contributed by atoms with E-state index in [0.717, 1.165) is 36.1 Å². The minimum Gasteiger partial charge on any atom is -0.393 e. The van der Waals surface area contributed by atoms with Crippen LogP contribution in [-0.4, -0.2) is 34.8 Å². The maximum Gasteiger partial charge on any atom is 0.224 e. The number of rotatable bonds is 4. The monoisotopic (exact) mass is 300 g/mol. The first-order valence-corrected chi connectivity index (χ1v) is 6.62. The number of aromatic nitrogens is 2. The minimum absolute atomic E-state index is 0.174. The Bertz CT molecular complexity index is 388. The Labute approximate surface area is 109 Å². The molecule has 1 fully saturated rings. The van der Waals surface area contributed by atoms with Gasteiger partial charge in [0, 0.05) is 25.7 Å². The summed E-state index contributed by atoms with van der Waals surface area (Å²) >= 11 is 3.41. The molecule has 3 N–H and O–H groups in total. The van der Waals surface area contributed by atoms with Crippen molar-refractivity contribution in [3.63, 3.8) is 0 Å². The van der Waals surface area contributed by atoms with Gasteiger partial charge in [-0.3, -0.25) is 0 Å². The first kappa shape index (κ1) is 12.6. The zero-order chi connectivity index (χ0) is 12.3. The van der Waals surface area contributed by atoms with Crippen molar-refractivity contribution in [1.29, 1.82) is 0 Å². The van der Waals surface area contributed by atoms with Gasteiger partial charge >= 0.3 is 0 Å². The van der Waals surface area contributed by atoms with Gasteiger partial charge in [0.05, 0.1) is 10.6 Å². The molecular formula is C11H17BrN4O. The van der Waals surface area contributed by atoms with Crippen molar-refractivity contribution in [3.05, 3.63) is 10.7 Å². The predicted octanol–water partition coefficient (Wildman–Crippen LogP) is 1.85. The average molecular weight is 301 g/mol. The molecule has 94 valence electrons. The highest BCUT2D eigenvalue weighted by atomic mass is 79.9. The van der Waals surface area contributed by atoms with Crippen molar-refractivity contribution in [2.45, 2.75) is 25.4 Å². The van der Waals surface area contributed by atoms with E-state index in [1.54, 1.807) is 13.2 Å². The summed E-state index contributed by atoms with van der Waals surface area (Å²) in [5, 5.41) is 15.9. The third-order valence-electron chi connectivity index (χ3n) is 3.12. The summed E-state index contributed by atoms with van der Waals surface area (Å²) in [4.78, 5) is 8.41. The van der Waals surface area contributed by atoms with Gasteiger partial charge in [-0.1, -0.05) is 6.42 Å². The Hall–Kier alpha value is -0.880. The number of aliphatic hydroxyl groups is 1. The second-order valence-corrected chi connectivity index (χ2v) is 5.13. The summed E-state index contributed by atoms with van der Waals surface area (Å²) in [7, 11) is 1.79. The molecule has 1 saturated carbocycles. The smallest absolute Gasteiger partial charge is 0.224 e. The fraction of sp³-hybridized carbons (Fsp3) is 0.636. The molecule has 0 saturated heterocycles. The van der Waals surface area contributed by atoms with Crippen LogP contribution in [0.1, 0.15) is 19.3 Å². The van der Waals surface area contributed by atoms with Crippen LogP contribution < -0.4 is 10.6 Å². The molecule has 0 bridgehead atoms. The fourth-order valence-corrected chi connectivity index (χ4v) is 2.43. The first-order valence-electron chi connectivity index (χ1n) is 5.83. The molecule has 0 radical (unpaired) electrons. The molecule has 0 spiro atoms. The molecule has 0 aromatic carbocycles. The van der Waals surface area contributed by atoms with E-state index in [0.29, 0.717) is 11.9 Å². The van der Waals surface area contributed by atoms with E-state index in [9.17, 15) is 5.11 Å². The van der Waals surface area contributed by atoms with Gasteiger partial charge in [0.1, 0.15) is 5.82 Å². The molecule has 17 heavy (non-hydrogen) atoms. The van der Waals surface area contributed by atoms with Crippen LogP contribution >= 0.6 is 15.9 Å². The second kappa shape index (κ2) is 5.64. The number of nitrogens with one attached hydrogen (secondary N) is 2. The molecule has 1 aromatic heterocycles. The normalized spacial score (nSPS) is 23.7. The summed E-state index contributed by atoms with van der Waals surface area (Å²) in [6, 6.07) is 0. The summed E-state index contributed by atoms with van der Waals surface area (Å²) in [5.74, 6) is 1.68. The van der Waals surface area contributed by atoms with Crippen molar-refractivity contribution >= 4 is 27.7 Å². The third kappa shape index (κ3) is 3.07. The molecule has 1 aliphatic carbocycles. The number of halogens is 1. The first-order chi connectivity index (χ1) is 8.20. The van der Waals surface area contributed by atoms with E-state index in [1.165, 1.54) is 0 Å². The predicted molar refractivity (Wildman–Crippen MR) is 71.1 cm³/mol. The Kier molecular flexibility index (Phi) is 4.17. The maximum atomic E-state index is 9.74. The van der Waals surface area contributed by atoms with Crippen LogP contribution in [0.3, 0.4) is 0 Å². The van der Waals surface area contributed by atoms with Crippen LogP contribution in [0.2, 0.25) is 0 Å². The molecule has 2 rings (SSSR count). The number of aliphatic hydroxyl groups excluding tert-OH is 1. The van der Waals surface area contributed by atoms with Crippen molar-refractivity contribution in [3.8, 4) is 0 Å². The lowest BCUT2D eigenvalue weighted by Gasteiger charge is -2.16. The van der Waals surface area contributed by atoms with Gasteiger partial charge in [-0.2, -0.15) is 4.98 Å². The van der Waals surface area contributed by atoms with E-state index < -0.39 is 0 Å². The highest BCUT2D eigenvalue weighted by Gasteiger charge is 2.25. The van der Waals surface area contributed by atoms with Crippen molar-refractivity contribution in [1.82, 2.24) is 9.97 Å². The zero-order valence-electron chi connectivity index (χ0n) is 9.78. The number of hydrogen-bond acceptors (Lipinski definition) is 5. The maximum absolute atomic E-state index is 9.74. The highest BCUT2D eigenvalue weighted by molar-refractivity contribution is 9.10. The zero-order valence-corrected chi connectivity index (χ0v) is 11.4. The molecule has 1 heterocycles. The summed E-state index contributed by atoms with van der Waals surface area (Å²) < 4.78 is 0.837. The van der Waals surface area contributed by atoms with Gasteiger partial charge in [-0.15, -0.1) is 0 Å². The Balaban J connectivity index is 1.98. The molecule has 6 heteroatoms. The van der Waals surface area contributed by atoms with Gasteiger partial charge in [0.25, 0.3) is 0 Å². The molecule has 0 aliphatic heterocycles. The molecule has 0 amide bonds. The fourth-order valence-electron chi connectivity index (χ4n) is 2.09. The molecule has 2 atom stereocenters. The lowest BCUT2D eigenvalue weighted by atomic mass is 10.1. The molecule has 1 aromatic rings. The minimum atomic E-state index is -0.174. The third-order valence-corrected chi connectivity index (χ3v) is 3.70. The van der Waals surface area contributed by atoms with Crippen molar-refractivity contribution in [2.24, 2.45) is 5.92 Å². The van der Waals surface area contributed by atoms with Crippen LogP contribution in [0.25, 0.3) is 0 Å². The van der Waals surface area contributed by atoms with Crippen LogP contribution in [0.4, 0.5) is 11.8 Å². The summed E-state index contributed by atoms with van der Waals surface area (Å²) in [6.45, 7) is 0.750. The average Bonchev–Trinajstić information content (AvgIpc) is 2.74. The number of anilines is 2. The van der Waals surface area contributed by atoms with Gasteiger partial charge in [0.15, 0.2) is 0 Å². The van der Waals surface area contributed by atoms with Crippen molar-refractivity contribution in [2.75, 3.05) is 24.2 Å². The Morgan fingerprint density at radius 1 is 1.53 bits per heavy atom. The molecule has 1 aliphatic rings.